The van der Waals surface area contributed by atoms with Gasteiger partial charge in [-0.15, -0.1) is 12.4 Å². The highest BCUT2D eigenvalue weighted by molar-refractivity contribution is 5.85. The first-order chi connectivity index (χ1) is 9.83. The van der Waals surface area contributed by atoms with Crippen molar-refractivity contribution >= 4 is 18.3 Å². The number of benzene rings is 1. The van der Waals surface area contributed by atoms with Crippen molar-refractivity contribution in [1.29, 1.82) is 0 Å². The number of nitrogens with one attached hydrogen (secondary N) is 2. The topological polar surface area (TPSA) is 59.6 Å². The van der Waals surface area contributed by atoms with E-state index in [4.69, 9.17) is 9.47 Å². The lowest BCUT2D eigenvalue weighted by atomic mass is 9.95. The zero-order valence-electron chi connectivity index (χ0n) is 11.8. The molecule has 1 fully saturated rings. The van der Waals surface area contributed by atoms with Crippen LogP contribution in [0, 0.1) is 0 Å². The highest BCUT2D eigenvalue weighted by Crippen LogP contribution is 2.16. The highest BCUT2D eigenvalue weighted by Gasteiger charge is 2.24. The molecule has 5 nitrogen and oxygen atoms in total. The van der Waals surface area contributed by atoms with Crippen LogP contribution >= 0.6 is 12.4 Å². The molecule has 1 saturated heterocycles. The lowest BCUT2D eigenvalue weighted by Gasteiger charge is -2.27. The Morgan fingerprint density at radius 2 is 2.10 bits per heavy atom. The van der Waals surface area contributed by atoms with E-state index in [1.807, 2.05) is 12.1 Å². The molecule has 1 aromatic carbocycles. The zero-order valence-corrected chi connectivity index (χ0v) is 12.7. The number of hydrogen-bond acceptors (Lipinski definition) is 4. The quantitative estimate of drug-likeness (QED) is 0.860. The second-order valence-electron chi connectivity index (χ2n) is 5.22. The maximum absolute atomic E-state index is 12.2. The molecule has 0 radical (unpaired) electrons. The number of carbonyl (C=O) groups excluding carboxylic acids is 1. The van der Waals surface area contributed by atoms with Gasteiger partial charge in [0, 0.05) is 13.1 Å². The fourth-order valence-electron chi connectivity index (χ4n) is 2.63. The molecule has 1 aromatic rings. The lowest BCUT2D eigenvalue weighted by Crippen LogP contribution is -2.50. The van der Waals surface area contributed by atoms with E-state index in [0.717, 1.165) is 13.0 Å². The number of amides is 1. The summed E-state index contributed by atoms with van der Waals surface area (Å²) in [5.74, 6) is 0.0358. The fraction of sp³-hybridized carbons (Fsp3) is 0.533. The molecule has 0 bridgehead atoms. The molecule has 2 aliphatic heterocycles. The van der Waals surface area contributed by atoms with Gasteiger partial charge in [0.25, 0.3) is 0 Å². The average Bonchev–Trinajstić information content (AvgIpc) is 2.53. The SMILES string of the molecule is Cl.O=C(NCC1COCCO1)C1Cc2ccccc2CN1. The van der Waals surface area contributed by atoms with Gasteiger partial charge in [-0.2, -0.15) is 0 Å². The van der Waals surface area contributed by atoms with Crippen LogP contribution in [0.5, 0.6) is 0 Å². The van der Waals surface area contributed by atoms with E-state index in [0.29, 0.717) is 26.4 Å². The Labute approximate surface area is 130 Å². The number of halogens is 1. The van der Waals surface area contributed by atoms with E-state index in [9.17, 15) is 4.79 Å². The summed E-state index contributed by atoms with van der Waals surface area (Å²) < 4.78 is 10.8. The Bertz CT molecular complexity index is 478. The molecule has 21 heavy (non-hydrogen) atoms. The second-order valence-corrected chi connectivity index (χ2v) is 5.22. The highest BCUT2D eigenvalue weighted by atomic mass is 35.5. The maximum atomic E-state index is 12.2. The van der Waals surface area contributed by atoms with Crippen LogP contribution in [-0.4, -0.2) is 44.4 Å². The molecule has 0 aliphatic carbocycles. The van der Waals surface area contributed by atoms with Crippen LogP contribution < -0.4 is 10.6 Å². The predicted octanol–water partition coefficient (Wildman–Crippen LogP) is 0.654. The van der Waals surface area contributed by atoms with Gasteiger partial charge in [-0.3, -0.25) is 4.79 Å². The number of fused-ring (bicyclic) bond motifs is 1. The van der Waals surface area contributed by atoms with Crippen molar-refractivity contribution in [3.63, 3.8) is 0 Å². The van der Waals surface area contributed by atoms with Gasteiger partial charge >= 0.3 is 0 Å². The molecule has 6 heteroatoms. The Hall–Kier alpha value is -1.14. The van der Waals surface area contributed by atoms with E-state index in [1.54, 1.807) is 0 Å². The molecule has 2 N–H and O–H groups in total. The van der Waals surface area contributed by atoms with Crippen molar-refractivity contribution in [2.75, 3.05) is 26.4 Å². The number of ether oxygens (including phenoxy) is 2. The van der Waals surface area contributed by atoms with E-state index in [-0.39, 0.29) is 30.5 Å². The normalized spacial score (nSPS) is 24.6. The molecule has 116 valence electrons. The summed E-state index contributed by atoms with van der Waals surface area (Å²) in [6, 6.07) is 8.08. The first kappa shape index (κ1) is 16.2. The number of hydrogen-bond donors (Lipinski definition) is 2. The summed E-state index contributed by atoms with van der Waals surface area (Å²) in [5, 5.41) is 6.23. The van der Waals surface area contributed by atoms with E-state index >= 15 is 0 Å². The van der Waals surface area contributed by atoms with Crippen LogP contribution in [0.15, 0.2) is 24.3 Å². The van der Waals surface area contributed by atoms with Crippen molar-refractivity contribution in [1.82, 2.24) is 10.6 Å². The van der Waals surface area contributed by atoms with Crippen LogP contribution in [0.4, 0.5) is 0 Å². The van der Waals surface area contributed by atoms with Gasteiger partial charge in [-0.1, -0.05) is 24.3 Å². The van der Waals surface area contributed by atoms with Crippen LogP contribution in [0.3, 0.4) is 0 Å². The minimum absolute atomic E-state index is 0. The molecular formula is C15H21ClN2O3. The summed E-state index contributed by atoms with van der Waals surface area (Å²) in [7, 11) is 0. The molecule has 2 heterocycles. The summed E-state index contributed by atoms with van der Waals surface area (Å²) in [6.45, 7) is 3.07. The molecule has 0 aromatic heterocycles. The molecule has 0 saturated carbocycles. The van der Waals surface area contributed by atoms with Crippen LogP contribution in [0.2, 0.25) is 0 Å². The third kappa shape index (κ3) is 4.17. The Morgan fingerprint density at radius 3 is 2.86 bits per heavy atom. The lowest BCUT2D eigenvalue weighted by molar-refractivity contribution is -0.126. The van der Waals surface area contributed by atoms with Crippen molar-refractivity contribution in [3.05, 3.63) is 35.4 Å². The zero-order chi connectivity index (χ0) is 13.8. The summed E-state index contributed by atoms with van der Waals surface area (Å²) >= 11 is 0. The van der Waals surface area contributed by atoms with E-state index in [1.165, 1.54) is 11.1 Å². The molecule has 3 rings (SSSR count). The number of rotatable bonds is 3. The second kappa shape index (κ2) is 7.75. The third-order valence-corrected chi connectivity index (χ3v) is 3.79. The smallest absolute Gasteiger partial charge is 0.237 e. The van der Waals surface area contributed by atoms with Crippen LogP contribution in [0.1, 0.15) is 11.1 Å². The Balaban J connectivity index is 0.00000161. The molecular weight excluding hydrogens is 292 g/mol. The predicted molar refractivity (Wildman–Crippen MR) is 81.6 cm³/mol. The largest absolute Gasteiger partial charge is 0.376 e. The van der Waals surface area contributed by atoms with Gasteiger partial charge in [0.1, 0.15) is 0 Å². The van der Waals surface area contributed by atoms with E-state index < -0.39 is 0 Å². The van der Waals surface area contributed by atoms with Gasteiger partial charge in [-0.25, -0.2) is 0 Å². The first-order valence-corrected chi connectivity index (χ1v) is 7.10. The van der Waals surface area contributed by atoms with Gasteiger partial charge < -0.3 is 20.1 Å². The van der Waals surface area contributed by atoms with Crippen molar-refractivity contribution < 1.29 is 14.3 Å². The third-order valence-electron chi connectivity index (χ3n) is 3.79. The first-order valence-electron chi connectivity index (χ1n) is 7.10. The van der Waals surface area contributed by atoms with Crippen LogP contribution in [0.25, 0.3) is 0 Å². The van der Waals surface area contributed by atoms with Gasteiger partial charge in [0.2, 0.25) is 5.91 Å². The average molecular weight is 313 g/mol. The van der Waals surface area contributed by atoms with Gasteiger partial charge in [-0.05, 0) is 17.5 Å². The number of carbonyl (C=O) groups is 1. The molecule has 2 atom stereocenters. The Morgan fingerprint density at radius 1 is 1.29 bits per heavy atom. The minimum atomic E-state index is -0.158. The van der Waals surface area contributed by atoms with E-state index in [2.05, 4.69) is 22.8 Å². The van der Waals surface area contributed by atoms with Crippen LogP contribution in [-0.2, 0) is 27.2 Å². The van der Waals surface area contributed by atoms with Crippen molar-refractivity contribution in [2.45, 2.75) is 25.1 Å². The van der Waals surface area contributed by atoms with Crippen molar-refractivity contribution in [2.24, 2.45) is 0 Å². The summed E-state index contributed by atoms with van der Waals surface area (Å²) in [4.78, 5) is 12.2. The van der Waals surface area contributed by atoms with Crippen molar-refractivity contribution in [3.8, 4) is 0 Å². The maximum Gasteiger partial charge on any atom is 0.237 e. The molecule has 2 unspecified atom stereocenters. The standard InChI is InChI=1S/C15H20N2O3.ClH/c18-15(17-9-13-10-19-5-6-20-13)14-7-11-3-1-2-4-12(11)8-16-14;/h1-4,13-14,16H,5-10H2,(H,17,18);1H. The molecule has 0 spiro atoms. The fourth-order valence-corrected chi connectivity index (χ4v) is 2.63. The summed E-state index contributed by atoms with van der Waals surface area (Å²) in [6.07, 6.45) is 0.716. The monoisotopic (exact) mass is 312 g/mol. The van der Waals surface area contributed by atoms with Gasteiger partial charge in [0.15, 0.2) is 0 Å². The van der Waals surface area contributed by atoms with Gasteiger partial charge in [0.05, 0.1) is 32.0 Å². The summed E-state index contributed by atoms with van der Waals surface area (Å²) in [5.41, 5.74) is 2.53. The minimum Gasteiger partial charge on any atom is -0.376 e. The Kier molecular flexibility index (Phi) is 5.99. The molecule has 2 aliphatic rings. The molecule has 1 amide bonds.